The first kappa shape index (κ1) is 26.4. The van der Waals surface area contributed by atoms with Crippen LogP contribution in [0.4, 0.5) is 10.2 Å². The highest BCUT2D eigenvalue weighted by atomic mass is 19.1. The van der Waals surface area contributed by atoms with Crippen LogP contribution in [0.25, 0.3) is 5.70 Å². The van der Waals surface area contributed by atoms with Gasteiger partial charge in [0.25, 0.3) is 0 Å². The summed E-state index contributed by atoms with van der Waals surface area (Å²) in [7, 11) is 1.66. The van der Waals surface area contributed by atoms with Gasteiger partial charge in [0.15, 0.2) is 0 Å². The first-order chi connectivity index (χ1) is 18.2. The molecule has 1 aromatic heterocycles. The van der Waals surface area contributed by atoms with Crippen molar-refractivity contribution in [2.75, 3.05) is 25.6 Å². The molecule has 1 aliphatic heterocycles. The average Bonchev–Trinajstić information content (AvgIpc) is 3.13. The van der Waals surface area contributed by atoms with Gasteiger partial charge >= 0.3 is 0 Å². The standard InChI is InChI=1S/C30H35FN4O2/c1-3-16-32-28-19-24(15-18-33-28)30-29(23-6-4-7-25(31)12-11-23)34-17-5-8-26(35-30)21-37-20-22-9-13-27(36-2)14-10-22/h4,6-7,9-15,17-19,25-26,35H,3,5,8,16,20-21H2,1-2H3,(H,32,33)/b30-29-,34-17?. The van der Waals surface area contributed by atoms with Crippen molar-refractivity contribution in [1.29, 1.82) is 0 Å². The van der Waals surface area contributed by atoms with E-state index in [0.29, 0.717) is 13.2 Å². The number of halogens is 1. The number of nitrogens with one attached hydrogen (secondary N) is 2. The molecule has 0 spiro atoms. The molecule has 2 unspecified atom stereocenters. The SMILES string of the molecule is CCCNc1cc(/C2=C(\C3=CC=CC(F)C=C3)N=CCCC(COCc3ccc(OC)cc3)N2)ccn1. The Morgan fingerprint density at radius 2 is 2.03 bits per heavy atom. The Morgan fingerprint density at radius 1 is 1.16 bits per heavy atom. The van der Waals surface area contributed by atoms with Gasteiger partial charge in [0.2, 0.25) is 0 Å². The van der Waals surface area contributed by atoms with E-state index in [-0.39, 0.29) is 6.04 Å². The molecular formula is C30H35FN4O2. The van der Waals surface area contributed by atoms with E-state index in [9.17, 15) is 4.39 Å². The van der Waals surface area contributed by atoms with Crippen LogP contribution in [-0.2, 0) is 11.3 Å². The quantitative estimate of drug-likeness (QED) is 0.416. The number of allylic oxidation sites excluding steroid dienone is 5. The third-order valence-corrected chi connectivity index (χ3v) is 6.11. The number of hydrogen-bond donors (Lipinski definition) is 2. The number of methoxy groups -OCH3 is 1. The van der Waals surface area contributed by atoms with Gasteiger partial charge in [-0.2, -0.15) is 0 Å². The van der Waals surface area contributed by atoms with Crippen molar-refractivity contribution in [3.8, 4) is 5.75 Å². The summed E-state index contributed by atoms with van der Waals surface area (Å²) in [6.07, 6.45) is 13.8. The van der Waals surface area contributed by atoms with Gasteiger partial charge < -0.3 is 20.1 Å². The molecule has 2 atom stereocenters. The summed E-state index contributed by atoms with van der Waals surface area (Å²) in [4.78, 5) is 9.29. The third kappa shape index (κ3) is 7.64. The lowest BCUT2D eigenvalue weighted by atomic mass is 10.0. The topological polar surface area (TPSA) is 67.8 Å². The highest BCUT2D eigenvalue weighted by molar-refractivity contribution is 5.77. The van der Waals surface area contributed by atoms with Gasteiger partial charge in [0.05, 0.1) is 31.7 Å². The Morgan fingerprint density at radius 3 is 2.84 bits per heavy atom. The largest absolute Gasteiger partial charge is 0.497 e. The van der Waals surface area contributed by atoms with E-state index in [1.807, 2.05) is 48.7 Å². The van der Waals surface area contributed by atoms with Crippen molar-refractivity contribution in [1.82, 2.24) is 10.3 Å². The predicted octanol–water partition coefficient (Wildman–Crippen LogP) is 6.01. The van der Waals surface area contributed by atoms with E-state index in [1.165, 1.54) is 6.08 Å². The lowest BCUT2D eigenvalue weighted by molar-refractivity contribution is 0.101. The molecule has 0 fully saturated rings. The molecule has 2 heterocycles. The number of ether oxygens (including phenoxy) is 2. The average molecular weight is 503 g/mol. The second-order valence-corrected chi connectivity index (χ2v) is 8.98. The number of anilines is 1. The summed E-state index contributed by atoms with van der Waals surface area (Å²) >= 11 is 0. The molecule has 0 bridgehead atoms. The van der Waals surface area contributed by atoms with Crippen molar-refractivity contribution in [3.63, 3.8) is 0 Å². The van der Waals surface area contributed by atoms with Gasteiger partial charge in [-0.25, -0.2) is 9.37 Å². The van der Waals surface area contributed by atoms with E-state index in [1.54, 1.807) is 31.5 Å². The molecule has 0 amide bonds. The van der Waals surface area contributed by atoms with Crippen LogP contribution in [0.15, 0.2) is 89.2 Å². The fourth-order valence-corrected chi connectivity index (χ4v) is 4.12. The number of pyridine rings is 1. The van der Waals surface area contributed by atoms with Crippen LogP contribution in [0.3, 0.4) is 0 Å². The second kappa shape index (κ2) is 13.6. The summed E-state index contributed by atoms with van der Waals surface area (Å²) in [6.45, 7) is 4.01. The molecule has 0 saturated carbocycles. The van der Waals surface area contributed by atoms with Crippen molar-refractivity contribution >= 4 is 17.7 Å². The molecule has 1 aliphatic carbocycles. The lowest BCUT2D eigenvalue weighted by Crippen LogP contribution is -2.34. The minimum absolute atomic E-state index is 0.0649. The predicted molar refractivity (Wildman–Crippen MR) is 148 cm³/mol. The molecular weight excluding hydrogens is 467 g/mol. The van der Waals surface area contributed by atoms with Gasteiger partial charge in [-0.3, -0.25) is 4.99 Å². The van der Waals surface area contributed by atoms with Crippen LogP contribution in [-0.4, -0.2) is 43.7 Å². The summed E-state index contributed by atoms with van der Waals surface area (Å²) in [5, 5.41) is 7.07. The smallest absolute Gasteiger partial charge is 0.137 e. The monoisotopic (exact) mass is 502 g/mol. The molecule has 2 aromatic rings. The van der Waals surface area contributed by atoms with Crippen LogP contribution in [0.1, 0.15) is 37.3 Å². The van der Waals surface area contributed by atoms with Crippen LogP contribution >= 0.6 is 0 Å². The maximum absolute atomic E-state index is 14.0. The summed E-state index contributed by atoms with van der Waals surface area (Å²) in [5.41, 5.74) is 4.53. The van der Waals surface area contributed by atoms with Gasteiger partial charge in [-0.1, -0.05) is 37.3 Å². The molecule has 4 rings (SSSR count). The van der Waals surface area contributed by atoms with Crippen molar-refractivity contribution in [2.45, 2.75) is 45.0 Å². The molecule has 37 heavy (non-hydrogen) atoms. The number of benzene rings is 1. The van der Waals surface area contributed by atoms with E-state index in [4.69, 9.17) is 14.5 Å². The number of rotatable bonds is 10. The molecule has 1 aromatic carbocycles. The number of nitrogens with zero attached hydrogens (tertiary/aromatic N) is 2. The molecule has 0 saturated heterocycles. The van der Waals surface area contributed by atoms with E-state index >= 15 is 0 Å². The van der Waals surface area contributed by atoms with Gasteiger partial charge in [-0.15, -0.1) is 0 Å². The zero-order valence-electron chi connectivity index (χ0n) is 21.5. The highest BCUT2D eigenvalue weighted by Crippen LogP contribution is 2.28. The molecule has 194 valence electrons. The number of aliphatic imine (C=N–C) groups is 1. The Balaban J connectivity index is 1.60. The number of aromatic nitrogens is 1. The van der Waals surface area contributed by atoms with Crippen molar-refractivity contribution in [3.05, 3.63) is 95.4 Å². The molecule has 0 radical (unpaired) electrons. The molecule has 7 heteroatoms. The molecule has 6 nitrogen and oxygen atoms in total. The zero-order chi connectivity index (χ0) is 25.9. The normalized spacial score (nSPS) is 21.4. The van der Waals surface area contributed by atoms with Crippen LogP contribution < -0.4 is 15.4 Å². The highest BCUT2D eigenvalue weighted by Gasteiger charge is 2.20. The first-order valence-corrected chi connectivity index (χ1v) is 12.8. The summed E-state index contributed by atoms with van der Waals surface area (Å²) in [6, 6.07) is 12.0. The third-order valence-electron chi connectivity index (χ3n) is 6.11. The molecule has 2 N–H and O–H groups in total. The fourth-order valence-electron chi connectivity index (χ4n) is 4.12. The van der Waals surface area contributed by atoms with E-state index < -0.39 is 6.17 Å². The van der Waals surface area contributed by atoms with Crippen LogP contribution in [0, 0.1) is 0 Å². The summed E-state index contributed by atoms with van der Waals surface area (Å²) < 4.78 is 25.3. The second-order valence-electron chi connectivity index (χ2n) is 8.98. The van der Waals surface area contributed by atoms with E-state index in [0.717, 1.165) is 65.5 Å². The van der Waals surface area contributed by atoms with Crippen molar-refractivity contribution < 1.29 is 13.9 Å². The Hall–Kier alpha value is -3.71. The minimum Gasteiger partial charge on any atom is -0.497 e. The van der Waals surface area contributed by atoms with Crippen LogP contribution in [0.2, 0.25) is 0 Å². The fraction of sp³-hybridized carbons (Fsp3) is 0.333. The molecule has 2 aliphatic rings. The van der Waals surface area contributed by atoms with Gasteiger partial charge in [0, 0.05) is 36.1 Å². The lowest BCUT2D eigenvalue weighted by Gasteiger charge is -2.25. The Labute approximate surface area is 218 Å². The van der Waals surface area contributed by atoms with E-state index in [2.05, 4.69) is 22.5 Å². The summed E-state index contributed by atoms with van der Waals surface area (Å²) in [5.74, 6) is 1.63. The zero-order valence-corrected chi connectivity index (χ0v) is 21.5. The van der Waals surface area contributed by atoms with Gasteiger partial charge in [-0.05, 0) is 61.2 Å². The first-order valence-electron chi connectivity index (χ1n) is 12.8. The maximum atomic E-state index is 14.0. The Bertz CT molecular complexity index is 1180. The maximum Gasteiger partial charge on any atom is 0.137 e. The van der Waals surface area contributed by atoms with Gasteiger partial charge in [0.1, 0.15) is 17.7 Å². The number of hydrogen-bond acceptors (Lipinski definition) is 6. The number of alkyl halides is 1. The van der Waals surface area contributed by atoms with Crippen LogP contribution in [0.5, 0.6) is 5.75 Å². The minimum atomic E-state index is -1.12. The Kier molecular flexibility index (Phi) is 9.66. The van der Waals surface area contributed by atoms with Crippen molar-refractivity contribution in [2.24, 2.45) is 4.99 Å².